The summed E-state index contributed by atoms with van der Waals surface area (Å²) < 4.78 is 43.2. The van der Waals surface area contributed by atoms with E-state index in [4.69, 9.17) is 48.1 Å². The van der Waals surface area contributed by atoms with Gasteiger partial charge in [-0.15, -0.1) is 0 Å². The summed E-state index contributed by atoms with van der Waals surface area (Å²) in [7, 11) is 2.84. The number of carbonyl (C=O) groups is 6. The van der Waals surface area contributed by atoms with Crippen LogP contribution in [0.2, 0.25) is 0 Å². The van der Waals surface area contributed by atoms with Crippen LogP contribution in [0, 0.1) is 21.7 Å². The van der Waals surface area contributed by atoms with Crippen molar-refractivity contribution in [3.8, 4) is 0 Å². The maximum Gasteiger partial charge on any atom is 1.00 e. The maximum absolute atomic E-state index is 13.1. The summed E-state index contributed by atoms with van der Waals surface area (Å²) in [5, 5.41) is 33.8. The number of hydrogen-bond donors (Lipinski definition) is 3. The van der Waals surface area contributed by atoms with Gasteiger partial charge in [-0.3, -0.25) is 19.2 Å². The zero-order valence-electron chi connectivity index (χ0n) is 35.2. The average Bonchev–Trinajstić information content (AvgIpc) is 3.50. The van der Waals surface area contributed by atoms with Crippen LogP contribution in [-0.2, 0) is 66.7 Å². The van der Waals surface area contributed by atoms with Crippen LogP contribution >= 0.6 is 0 Å². The molecule has 0 spiro atoms. The molecule has 8 unspecified atom stereocenters. The summed E-state index contributed by atoms with van der Waals surface area (Å²) in [6.45, 7) is 20.8. The molecule has 18 nitrogen and oxygen atoms in total. The summed E-state index contributed by atoms with van der Waals surface area (Å²) in [4.78, 5) is 75.4. The minimum atomic E-state index is -1.69. The number of aliphatic hydroxyl groups is 3. The van der Waals surface area contributed by atoms with Crippen molar-refractivity contribution in [2.45, 2.75) is 151 Å². The number of ether oxygens (including phenoxy) is 8. The Balaban J connectivity index is 0. The van der Waals surface area contributed by atoms with Crippen molar-refractivity contribution < 1.29 is 117 Å². The van der Waals surface area contributed by atoms with Crippen LogP contribution < -0.4 is 34.7 Å². The molecule has 0 saturated carbocycles. The van der Waals surface area contributed by atoms with E-state index in [1.54, 1.807) is 90.0 Å². The predicted octanol–water partition coefficient (Wildman–Crippen LogP) is -2.64. The van der Waals surface area contributed by atoms with Crippen LogP contribution in [-0.4, -0.2) is 134 Å². The first kappa shape index (κ1) is 54.7. The largest absolute Gasteiger partial charge is 1.00 e. The van der Waals surface area contributed by atoms with E-state index in [0.717, 1.165) is 21.3 Å². The van der Waals surface area contributed by atoms with Gasteiger partial charge in [-0.25, -0.2) is 9.59 Å². The van der Waals surface area contributed by atoms with Gasteiger partial charge in [0.15, 0.2) is 30.5 Å². The van der Waals surface area contributed by atoms with Crippen LogP contribution in [0.1, 0.15) is 90.0 Å². The van der Waals surface area contributed by atoms with Gasteiger partial charge in [-0.1, -0.05) is 0 Å². The topological polar surface area (TPSA) is 260 Å². The molecule has 0 amide bonds. The van der Waals surface area contributed by atoms with Crippen molar-refractivity contribution in [2.75, 3.05) is 21.3 Å². The molecule has 3 fully saturated rings. The van der Waals surface area contributed by atoms with E-state index in [9.17, 15) is 39.0 Å². The van der Waals surface area contributed by atoms with Crippen molar-refractivity contribution in [1.82, 2.24) is 0 Å². The predicted molar refractivity (Wildman–Crippen MR) is 185 cm³/mol. The van der Waals surface area contributed by atoms with Crippen molar-refractivity contribution in [1.29, 1.82) is 0 Å². The number of esters is 6. The van der Waals surface area contributed by atoms with Gasteiger partial charge < -0.3 is 58.3 Å². The van der Waals surface area contributed by atoms with Crippen LogP contribution in [0.3, 0.4) is 0 Å². The minimum absolute atomic E-state index is 0. The van der Waals surface area contributed by atoms with E-state index in [2.05, 4.69) is 0 Å². The summed E-state index contributed by atoms with van der Waals surface area (Å²) in [5.41, 5.74) is -4.08. The van der Waals surface area contributed by atoms with E-state index in [-0.39, 0.29) is 35.7 Å². The molecular formula is C36H61NaO18. The van der Waals surface area contributed by atoms with E-state index >= 15 is 0 Å². The van der Waals surface area contributed by atoms with Crippen LogP contribution in [0.25, 0.3) is 0 Å². The van der Waals surface area contributed by atoms with Gasteiger partial charge in [-0.2, -0.15) is 7.11 Å². The van der Waals surface area contributed by atoms with E-state index in [0.29, 0.717) is 0 Å². The Kier molecular flexibility index (Phi) is 21.8. The van der Waals surface area contributed by atoms with Gasteiger partial charge in [0.1, 0.15) is 12.2 Å². The second-order valence-corrected chi connectivity index (χ2v) is 16.6. The third kappa shape index (κ3) is 15.1. The maximum atomic E-state index is 13.1. The molecule has 0 aliphatic carbocycles. The number of rotatable bonds is 5. The Hall–Kier alpha value is -2.42. The minimum Gasteiger partial charge on any atom is -0.857 e. The fourth-order valence-electron chi connectivity index (χ4n) is 4.38. The Labute approximate surface area is 345 Å². The quantitative estimate of drug-likeness (QED) is 0.146. The summed E-state index contributed by atoms with van der Waals surface area (Å²) in [5.74, 6) is -4.67. The number of aliphatic hydroxyl groups excluding tert-OH is 3. The van der Waals surface area contributed by atoms with Crippen molar-refractivity contribution in [3.05, 3.63) is 0 Å². The van der Waals surface area contributed by atoms with E-state index < -0.39 is 113 Å². The van der Waals surface area contributed by atoms with Crippen molar-refractivity contribution >= 4 is 35.8 Å². The number of fused-ring (bicyclic) bond motifs is 1. The SMILES string of the molecule is CC1OC2C(OC(=O)[C@@H]2O)[C@H]1O.CO.COC(=O)C1OC(OC(=O)C(C)(C)C)C(OC(=O)C(C)(C)C)C(OC(=O)C(C)(C)C)C1OC(=O)C(C)(C)C.C[O-].[Na+]. The van der Waals surface area contributed by atoms with Crippen LogP contribution in [0.5, 0.6) is 0 Å². The normalized spacial score (nSPS) is 28.6. The molecule has 0 aromatic heterocycles. The fourth-order valence-corrected chi connectivity index (χ4v) is 4.38. The first-order valence-electron chi connectivity index (χ1n) is 17.2. The molecule has 55 heavy (non-hydrogen) atoms. The Morgan fingerprint density at radius 1 is 0.618 bits per heavy atom. The van der Waals surface area contributed by atoms with Crippen molar-refractivity contribution in [2.24, 2.45) is 21.7 Å². The molecule has 3 heterocycles. The molecule has 314 valence electrons. The van der Waals surface area contributed by atoms with Gasteiger partial charge >= 0.3 is 65.4 Å². The third-order valence-corrected chi connectivity index (χ3v) is 7.65. The standard InChI is InChI=1S/C27H44O11.C7H10O5.CH4O.CH3O.Na/c1-24(2,3)20(29)35-14-15(36-21(30)25(4,5)6)17(37-22(31)26(7,8)9)19(34-16(14)18(28)33-13)38-23(32)27(10,11)12;1-2-3(8)5-6(11-2)4(9)7(10)12-5;2*1-2;/h14-17,19H,1-13H3;2-6,8-9H,1H3;2H,1H3;1H3;/q;;;-1;+1/t;2?,3-,4+,5?,6?;;;/m.0.../s1. The monoisotopic (exact) mass is 804 g/mol. The van der Waals surface area contributed by atoms with Crippen LogP contribution in [0.15, 0.2) is 0 Å². The molecule has 0 aromatic rings. The van der Waals surface area contributed by atoms with Crippen molar-refractivity contribution in [3.63, 3.8) is 0 Å². The molecule has 19 heteroatoms. The zero-order valence-corrected chi connectivity index (χ0v) is 37.2. The Bertz CT molecular complexity index is 1290. The molecule has 3 N–H and O–H groups in total. The Morgan fingerprint density at radius 3 is 1.35 bits per heavy atom. The summed E-state index contributed by atoms with van der Waals surface area (Å²) in [6, 6.07) is 0. The zero-order chi connectivity index (χ0) is 42.9. The van der Waals surface area contributed by atoms with Gasteiger partial charge in [0, 0.05) is 7.11 Å². The molecule has 0 bridgehead atoms. The van der Waals surface area contributed by atoms with Gasteiger partial charge in [0.2, 0.25) is 12.4 Å². The molecule has 0 radical (unpaired) electrons. The van der Waals surface area contributed by atoms with E-state index in [1.165, 1.54) is 0 Å². The third-order valence-electron chi connectivity index (χ3n) is 7.65. The first-order valence-corrected chi connectivity index (χ1v) is 17.2. The van der Waals surface area contributed by atoms with Gasteiger partial charge in [0.05, 0.1) is 34.9 Å². The fraction of sp³-hybridized carbons (Fsp3) is 0.833. The molecule has 3 aliphatic heterocycles. The average molecular weight is 805 g/mol. The second-order valence-electron chi connectivity index (χ2n) is 16.6. The number of methoxy groups -OCH3 is 1. The molecular weight excluding hydrogens is 743 g/mol. The molecule has 3 rings (SSSR count). The first-order chi connectivity index (χ1) is 24.5. The second kappa shape index (κ2) is 21.9. The number of hydrogen-bond acceptors (Lipinski definition) is 18. The van der Waals surface area contributed by atoms with Gasteiger partial charge in [-0.05, 0) is 90.0 Å². The van der Waals surface area contributed by atoms with Gasteiger partial charge in [0.25, 0.3) is 0 Å². The van der Waals surface area contributed by atoms with E-state index in [1.807, 2.05) is 0 Å². The number of carbonyl (C=O) groups excluding carboxylic acids is 6. The summed E-state index contributed by atoms with van der Waals surface area (Å²) >= 11 is 0. The summed E-state index contributed by atoms with van der Waals surface area (Å²) in [6.07, 6.45) is -12.0. The molecule has 0 aromatic carbocycles. The molecule has 3 aliphatic rings. The smallest absolute Gasteiger partial charge is 0.857 e. The molecule has 3 saturated heterocycles. The van der Waals surface area contributed by atoms with Crippen LogP contribution in [0.4, 0.5) is 0 Å². The molecule has 10 atom stereocenters. The Morgan fingerprint density at radius 2 is 0.982 bits per heavy atom.